The van der Waals surface area contributed by atoms with E-state index in [9.17, 15) is 14.4 Å². The highest BCUT2D eigenvalue weighted by atomic mass is 16.4. The fourth-order valence-corrected chi connectivity index (χ4v) is 1.74. The molecule has 6 heteroatoms. The van der Waals surface area contributed by atoms with Crippen molar-refractivity contribution in [3.8, 4) is 0 Å². The summed E-state index contributed by atoms with van der Waals surface area (Å²) < 4.78 is 0. The summed E-state index contributed by atoms with van der Waals surface area (Å²) in [7, 11) is 0. The maximum atomic E-state index is 11.5. The molecule has 1 rings (SSSR count). The van der Waals surface area contributed by atoms with Crippen LogP contribution in [0.25, 0.3) is 0 Å². The smallest absolute Gasteiger partial charge is 0.322 e. The molecule has 2 amide bonds. The number of amides is 2. The first-order chi connectivity index (χ1) is 7.54. The summed E-state index contributed by atoms with van der Waals surface area (Å²) in [6.45, 7) is 2.63. The number of carbonyl (C=O) groups is 3. The third kappa shape index (κ3) is 3.22. The van der Waals surface area contributed by atoms with Crippen molar-refractivity contribution in [2.24, 2.45) is 5.92 Å². The van der Waals surface area contributed by atoms with Gasteiger partial charge in [0.1, 0.15) is 6.54 Å². The molecule has 90 valence electrons. The Labute approximate surface area is 93.6 Å². The van der Waals surface area contributed by atoms with Crippen molar-refractivity contribution in [2.75, 3.05) is 19.6 Å². The second kappa shape index (κ2) is 5.48. The van der Waals surface area contributed by atoms with Gasteiger partial charge in [0.2, 0.25) is 11.8 Å². The largest absolute Gasteiger partial charge is 0.480 e. The van der Waals surface area contributed by atoms with Crippen LogP contribution in [0.3, 0.4) is 0 Å². The second-order valence-corrected chi connectivity index (χ2v) is 3.85. The summed E-state index contributed by atoms with van der Waals surface area (Å²) in [5, 5.41) is 10.7. The molecule has 1 fully saturated rings. The first kappa shape index (κ1) is 12.5. The highest BCUT2D eigenvalue weighted by Crippen LogP contribution is 2.17. The van der Waals surface area contributed by atoms with Gasteiger partial charge in [0.05, 0.1) is 5.92 Å². The van der Waals surface area contributed by atoms with E-state index in [-0.39, 0.29) is 18.2 Å². The van der Waals surface area contributed by atoms with E-state index in [4.69, 9.17) is 5.11 Å². The maximum Gasteiger partial charge on any atom is 0.322 e. The van der Waals surface area contributed by atoms with Gasteiger partial charge in [-0.05, 0) is 6.42 Å². The van der Waals surface area contributed by atoms with E-state index in [0.29, 0.717) is 13.1 Å². The van der Waals surface area contributed by atoms with E-state index in [1.54, 1.807) is 4.90 Å². The summed E-state index contributed by atoms with van der Waals surface area (Å²) in [5.41, 5.74) is 0. The van der Waals surface area contributed by atoms with E-state index >= 15 is 0 Å². The van der Waals surface area contributed by atoms with E-state index < -0.39 is 18.4 Å². The molecule has 0 aromatic rings. The van der Waals surface area contributed by atoms with Crippen LogP contribution < -0.4 is 5.32 Å². The first-order valence-corrected chi connectivity index (χ1v) is 5.31. The topological polar surface area (TPSA) is 86.7 Å². The van der Waals surface area contributed by atoms with Crippen molar-refractivity contribution >= 4 is 17.8 Å². The van der Waals surface area contributed by atoms with Crippen molar-refractivity contribution < 1.29 is 19.5 Å². The van der Waals surface area contributed by atoms with Crippen molar-refractivity contribution in [3.63, 3.8) is 0 Å². The molecule has 0 aromatic carbocycles. The predicted octanol–water partition coefficient (Wildman–Crippen LogP) is -0.554. The molecular weight excluding hydrogens is 212 g/mol. The Morgan fingerprint density at radius 3 is 2.81 bits per heavy atom. The van der Waals surface area contributed by atoms with Crippen LogP contribution in [0, 0.1) is 5.92 Å². The molecule has 6 nitrogen and oxygen atoms in total. The molecule has 1 aliphatic heterocycles. The van der Waals surface area contributed by atoms with E-state index in [2.05, 4.69) is 5.32 Å². The van der Waals surface area contributed by atoms with Gasteiger partial charge in [-0.2, -0.15) is 0 Å². The minimum atomic E-state index is -1.08. The molecule has 0 radical (unpaired) electrons. The zero-order valence-corrected chi connectivity index (χ0v) is 9.23. The Hall–Kier alpha value is -1.59. The molecule has 0 bridgehead atoms. The molecule has 1 saturated heterocycles. The van der Waals surface area contributed by atoms with Crippen molar-refractivity contribution in [2.45, 2.75) is 19.8 Å². The van der Waals surface area contributed by atoms with Gasteiger partial charge in [0.25, 0.3) is 0 Å². The van der Waals surface area contributed by atoms with Crippen LogP contribution in [0.15, 0.2) is 0 Å². The molecule has 1 heterocycles. The molecule has 0 aliphatic carbocycles. The number of hydrogen-bond donors (Lipinski definition) is 2. The first-order valence-electron chi connectivity index (χ1n) is 5.31. The SMILES string of the molecule is CCCN1CC(C(=O)NCC(=O)O)CC1=O. The average molecular weight is 228 g/mol. The quantitative estimate of drug-likeness (QED) is 0.660. The van der Waals surface area contributed by atoms with Crippen LogP contribution in [-0.4, -0.2) is 47.4 Å². The van der Waals surface area contributed by atoms with E-state index in [0.717, 1.165) is 6.42 Å². The molecule has 1 aliphatic rings. The number of aliphatic carboxylic acids is 1. The average Bonchev–Trinajstić information content (AvgIpc) is 2.57. The number of rotatable bonds is 5. The standard InChI is InChI=1S/C10H16N2O4/c1-2-3-12-6-7(4-8(12)13)10(16)11-5-9(14)15/h7H,2-6H2,1H3,(H,11,16)(H,14,15). The van der Waals surface area contributed by atoms with Gasteiger partial charge < -0.3 is 15.3 Å². The molecule has 16 heavy (non-hydrogen) atoms. The van der Waals surface area contributed by atoms with Crippen molar-refractivity contribution in [1.82, 2.24) is 10.2 Å². The van der Waals surface area contributed by atoms with Gasteiger partial charge in [-0.1, -0.05) is 6.92 Å². The van der Waals surface area contributed by atoms with E-state index in [1.807, 2.05) is 6.92 Å². The number of nitrogens with zero attached hydrogens (tertiary/aromatic N) is 1. The molecule has 0 aromatic heterocycles. The third-order valence-electron chi connectivity index (χ3n) is 2.49. The summed E-state index contributed by atoms with van der Waals surface area (Å²) in [5.74, 6) is -1.87. The third-order valence-corrected chi connectivity index (χ3v) is 2.49. The van der Waals surface area contributed by atoms with Crippen LogP contribution in [0.5, 0.6) is 0 Å². The molecule has 0 spiro atoms. The van der Waals surface area contributed by atoms with Gasteiger partial charge in [0, 0.05) is 19.5 Å². The molecule has 1 atom stereocenters. The highest BCUT2D eigenvalue weighted by Gasteiger charge is 2.33. The Morgan fingerprint density at radius 2 is 2.25 bits per heavy atom. The molecule has 0 saturated carbocycles. The van der Waals surface area contributed by atoms with Crippen LogP contribution in [-0.2, 0) is 14.4 Å². The lowest BCUT2D eigenvalue weighted by molar-refractivity contribution is -0.138. The zero-order valence-electron chi connectivity index (χ0n) is 9.23. The zero-order chi connectivity index (χ0) is 12.1. The van der Waals surface area contributed by atoms with Crippen molar-refractivity contribution in [1.29, 1.82) is 0 Å². The van der Waals surface area contributed by atoms with Crippen LogP contribution in [0.2, 0.25) is 0 Å². The van der Waals surface area contributed by atoms with Crippen molar-refractivity contribution in [3.05, 3.63) is 0 Å². The highest BCUT2D eigenvalue weighted by molar-refractivity contribution is 5.90. The normalized spacial score (nSPS) is 19.9. The summed E-state index contributed by atoms with van der Waals surface area (Å²) in [6.07, 6.45) is 1.04. The minimum Gasteiger partial charge on any atom is -0.480 e. The number of nitrogens with one attached hydrogen (secondary N) is 1. The lowest BCUT2D eigenvalue weighted by atomic mass is 10.1. The van der Waals surface area contributed by atoms with Gasteiger partial charge in [-0.25, -0.2) is 0 Å². The summed E-state index contributed by atoms with van der Waals surface area (Å²) >= 11 is 0. The lowest BCUT2D eigenvalue weighted by Gasteiger charge is -2.14. The van der Waals surface area contributed by atoms with Crippen LogP contribution in [0.1, 0.15) is 19.8 Å². The van der Waals surface area contributed by atoms with Gasteiger partial charge in [0.15, 0.2) is 0 Å². The van der Waals surface area contributed by atoms with Gasteiger partial charge in [-0.3, -0.25) is 14.4 Å². The Morgan fingerprint density at radius 1 is 1.56 bits per heavy atom. The Bertz CT molecular complexity index is 303. The summed E-state index contributed by atoms with van der Waals surface area (Å²) in [4.78, 5) is 34.8. The maximum absolute atomic E-state index is 11.5. The summed E-state index contributed by atoms with van der Waals surface area (Å²) in [6, 6.07) is 0. The number of carbonyl (C=O) groups excluding carboxylic acids is 2. The molecular formula is C10H16N2O4. The predicted molar refractivity (Wildman–Crippen MR) is 55.6 cm³/mol. The second-order valence-electron chi connectivity index (χ2n) is 3.85. The monoisotopic (exact) mass is 228 g/mol. The fraction of sp³-hybridized carbons (Fsp3) is 0.700. The molecule has 2 N–H and O–H groups in total. The fourth-order valence-electron chi connectivity index (χ4n) is 1.74. The van der Waals surface area contributed by atoms with Crippen LogP contribution in [0.4, 0.5) is 0 Å². The van der Waals surface area contributed by atoms with Gasteiger partial charge >= 0.3 is 5.97 Å². The number of hydrogen-bond acceptors (Lipinski definition) is 3. The Balaban J connectivity index is 2.42. The van der Waals surface area contributed by atoms with Crippen LogP contribution >= 0.6 is 0 Å². The molecule has 1 unspecified atom stereocenters. The van der Waals surface area contributed by atoms with E-state index in [1.165, 1.54) is 0 Å². The lowest BCUT2D eigenvalue weighted by Crippen LogP contribution is -2.36. The number of carboxylic acid groups (broad SMARTS) is 1. The van der Waals surface area contributed by atoms with Gasteiger partial charge in [-0.15, -0.1) is 0 Å². The number of carboxylic acids is 1. The Kier molecular flexibility index (Phi) is 4.28. The number of likely N-dealkylation sites (tertiary alicyclic amines) is 1. The minimum absolute atomic E-state index is 0.0303.